The molecular weight excluding hydrogens is 334 g/mol. The van der Waals surface area contributed by atoms with E-state index in [-0.39, 0.29) is 5.91 Å². The Kier molecular flexibility index (Phi) is 5.12. The molecule has 1 N–H and O–H groups in total. The zero-order valence-corrected chi connectivity index (χ0v) is 14.8. The van der Waals surface area contributed by atoms with Crippen molar-refractivity contribution >= 4 is 11.6 Å². The molecule has 0 atom stereocenters. The van der Waals surface area contributed by atoms with Crippen molar-refractivity contribution in [3.8, 4) is 17.2 Å². The van der Waals surface area contributed by atoms with Gasteiger partial charge in [0.05, 0.1) is 19.4 Å². The van der Waals surface area contributed by atoms with E-state index < -0.39 is 0 Å². The molecule has 0 spiro atoms. The zero-order valence-electron chi connectivity index (χ0n) is 14.8. The second-order valence-electron chi connectivity index (χ2n) is 5.51. The summed E-state index contributed by atoms with van der Waals surface area (Å²) in [5.74, 6) is 0.890. The number of aryl methyl sites for hydroxylation is 1. The van der Waals surface area contributed by atoms with Crippen LogP contribution in [0.25, 0.3) is 5.69 Å². The minimum Gasteiger partial charge on any atom is -0.493 e. The number of anilines is 1. The lowest BCUT2D eigenvalue weighted by Gasteiger charge is -2.12. The number of aromatic nitrogens is 4. The Morgan fingerprint density at radius 3 is 2.69 bits per heavy atom. The van der Waals surface area contributed by atoms with Gasteiger partial charge in [-0.25, -0.2) is 4.68 Å². The Morgan fingerprint density at radius 2 is 2.04 bits per heavy atom. The number of amides is 1. The molecule has 0 unspecified atom stereocenters. The summed E-state index contributed by atoms with van der Waals surface area (Å²) < 4.78 is 12.3. The summed E-state index contributed by atoms with van der Waals surface area (Å²) in [4.78, 5) is 12.6. The van der Waals surface area contributed by atoms with E-state index in [1.165, 1.54) is 6.33 Å². The van der Waals surface area contributed by atoms with Gasteiger partial charge in [-0.3, -0.25) is 4.79 Å². The molecule has 3 rings (SSSR count). The van der Waals surface area contributed by atoms with Crippen LogP contribution < -0.4 is 14.8 Å². The van der Waals surface area contributed by atoms with Crippen LogP contribution in [0.2, 0.25) is 0 Å². The van der Waals surface area contributed by atoms with E-state index in [0.717, 1.165) is 11.3 Å². The minimum absolute atomic E-state index is 0.233. The molecule has 1 aromatic heterocycles. The number of methoxy groups -OCH3 is 1. The topological polar surface area (TPSA) is 91.2 Å². The maximum absolute atomic E-state index is 12.6. The number of hydrogen-bond acceptors (Lipinski definition) is 6. The van der Waals surface area contributed by atoms with E-state index in [9.17, 15) is 4.79 Å². The SMILES string of the molecule is CCOc1cc(C(=O)Nc2ccc(-n3cnnn3)c(C)c2)ccc1OC. The summed E-state index contributed by atoms with van der Waals surface area (Å²) in [6.45, 7) is 4.29. The first kappa shape index (κ1) is 17.4. The molecular formula is C18H19N5O3. The van der Waals surface area contributed by atoms with E-state index >= 15 is 0 Å². The Hall–Kier alpha value is -3.42. The highest BCUT2D eigenvalue weighted by Crippen LogP contribution is 2.28. The van der Waals surface area contributed by atoms with Gasteiger partial charge in [-0.15, -0.1) is 5.10 Å². The molecule has 0 aliphatic heterocycles. The summed E-state index contributed by atoms with van der Waals surface area (Å²) in [5, 5.41) is 14.0. The number of carbonyl (C=O) groups excluding carboxylic acids is 1. The molecule has 0 radical (unpaired) electrons. The molecule has 0 aliphatic rings. The average Bonchev–Trinajstić information content (AvgIpc) is 3.16. The van der Waals surface area contributed by atoms with Crippen LogP contribution in [0.4, 0.5) is 5.69 Å². The molecule has 1 amide bonds. The fourth-order valence-corrected chi connectivity index (χ4v) is 2.55. The number of rotatable bonds is 6. The summed E-state index contributed by atoms with van der Waals surface area (Å²) in [6.07, 6.45) is 1.52. The predicted octanol–water partition coefficient (Wildman–Crippen LogP) is 2.63. The Morgan fingerprint density at radius 1 is 1.19 bits per heavy atom. The highest BCUT2D eigenvalue weighted by Gasteiger charge is 2.12. The molecule has 0 saturated heterocycles. The van der Waals surface area contributed by atoms with Crippen LogP contribution in [-0.2, 0) is 0 Å². The first-order chi connectivity index (χ1) is 12.6. The highest BCUT2D eigenvalue weighted by atomic mass is 16.5. The van der Waals surface area contributed by atoms with Crippen LogP contribution in [-0.4, -0.2) is 39.8 Å². The number of ether oxygens (including phenoxy) is 2. The number of carbonyl (C=O) groups is 1. The van der Waals surface area contributed by atoms with Gasteiger partial charge in [-0.1, -0.05) is 0 Å². The standard InChI is InChI=1S/C18H19N5O3/c1-4-26-17-10-13(5-8-16(17)25-3)18(24)20-14-6-7-15(12(2)9-14)23-11-19-21-22-23/h5-11H,4H2,1-3H3,(H,20,24). The average molecular weight is 353 g/mol. The maximum atomic E-state index is 12.6. The number of nitrogens with zero attached hydrogens (tertiary/aromatic N) is 4. The van der Waals surface area contributed by atoms with E-state index in [2.05, 4.69) is 20.8 Å². The largest absolute Gasteiger partial charge is 0.493 e. The van der Waals surface area contributed by atoms with Gasteiger partial charge in [-0.05, 0) is 66.2 Å². The summed E-state index contributed by atoms with van der Waals surface area (Å²) in [7, 11) is 1.56. The van der Waals surface area contributed by atoms with E-state index in [0.29, 0.717) is 29.4 Å². The summed E-state index contributed by atoms with van der Waals surface area (Å²) >= 11 is 0. The number of tetrazole rings is 1. The fraction of sp³-hybridized carbons (Fsp3) is 0.222. The van der Waals surface area contributed by atoms with Gasteiger partial charge in [0.25, 0.3) is 5.91 Å². The van der Waals surface area contributed by atoms with Crippen molar-refractivity contribution in [2.45, 2.75) is 13.8 Å². The van der Waals surface area contributed by atoms with E-state index in [1.807, 2.05) is 26.0 Å². The normalized spacial score (nSPS) is 10.4. The van der Waals surface area contributed by atoms with Gasteiger partial charge in [-0.2, -0.15) is 0 Å². The fourth-order valence-electron chi connectivity index (χ4n) is 2.55. The van der Waals surface area contributed by atoms with Gasteiger partial charge in [0, 0.05) is 11.3 Å². The summed E-state index contributed by atoms with van der Waals surface area (Å²) in [5.41, 5.74) is 2.94. The second kappa shape index (κ2) is 7.64. The van der Waals surface area contributed by atoms with Crippen LogP contribution >= 0.6 is 0 Å². The third-order valence-corrected chi connectivity index (χ3v) is 3.78. The Labute approximate surface area is 150 Å². The maximum Gasteiger partial charge on any atom is 0.255 e. The molecule has 0 aliphatic carbocycles. The number of hydrogen-bond donors (Lipinski definition) is 1. The van der Waals surface area contributed by atoms with Crippen molar-refractivity contribution in [3.05, 3.63) is 53.9 Å². The molecule has 1 heterocycles. The molecule has 134 valence electrons. The predicted molar refractivity (Wildman–Crippen MR) is 96.0 cm³/mol. The molecule has 8 heteroatoms. The van der Waals surface area contributed by atoms with Gasteiger partial charge in [0.15, 0.2) is 11.5 Å². The Bertz CT molecular complexity index is 909. The van der Waals surface area contributed by atoms with Crippen molar-refractivity contribution in [2.24, 2.45) is 0 Å². The first-order valence-electron chi connectivity index (χ1n) is 8.08. The van der Waals surface area contributed by atoms with Crippen LogP contribution in [0.1, 0.15) is 22.8 Å². The molecule has 8 nitrogen and oxygen atoms in total. The van der Waals surface area contributed by atoms with Crippen molar-refractivity contribution in [2.75, 3.05) is 19.0 Å². The lowest BCUT2D eigenvalue weighted by molar-refractivity contribution is 0.102. The molecule has 3 aromatic rings. The van der Waals surface area contributed by atoms with Gasteiger partial charge >= 0.3 is 0 Å². The minimum atomic E-state index is -0.233. The van der Waals surface area contributed by atoms with E-state index in [4.69, 9.17) is 9.47 Å². The third kappa shape index (κ3) is 3.64. The van der Waals surface area contributed by atoms with Crippen LogP contribution in [0.5, 0.6) is 11.5 Å². The highest BCUT2D eigenvalue weighted by molar-refractivity contribution is 6.04. The van der Waals surface area contributed by atoms with Gasteiger partial charge in [0.1, 0.15) is 6.33 Å². The van der Waals surface area contributed by atoms with Crippen LogP contribution in [0.15, 0.2) is 42.7 Å². The number of nitrogens with one attached hydrogen (secondary N) is 1. The zero-order chi connectivity index (χ0) is 18.5. The molecule has 26 heavy (non-hydrogen) atoms. The Balaban J connectivity index is 1.80. The molecule has 0 bridgehead atoms. The van der Waals surface area contributed by atoms with Crippen molar-refractivity contribution in [3.63, 3.8) is 0 Å². The lowest BCUT2D eigenvalue weighted by Crippen LogP contribution is -2.12. The van der Waals surface area contributed by atoms with Gasteiger partial charge < -0.3 is 14.8 Å². The summed E-state index contributed by atoms with van der Waals surface area (Å²) in [6, 6.07) is 10.6. The second-order valence-corrected chi connectivity index (χ2v) is 5.51. The van der Waals surface area contributed by atoms with Crippen LogP contribution in [0, 0.1) is 6.92 Å². The van der Waals surface area contributed by atoms with Crippen molar-refractivity contribution in [1.82, 2.24) is 20.2 Å². The molecule has 0 fully saturated rings. The van der Waals surface area contributed by atoms with Gasteiger partial charge in [0.2, 0.25) is 0 Å². The molecule has 0 saturated carbocycles. The lowest BCUT2D eigenvalue weighted by atomic mass is 10.1. The number of benzene rings is 2. The molecule has 2 aromatic carbocycles. The van der Waals surface area contributed by atoms with Crippen molar-refractivity contribution < 1.29 is 14.3 Å². The van der Waals surface area contributed by atoms with Crippen molar-refractivity contribution in [1.29, 1.82) is 0 Å². The third-order valence-electron chi connectivity index (χ3n) is 3.78. The smallest absolute Gasteiger partial charge is 0.255 e. The van der Waals surface area contributed by atoms with E-state index in [1.54, 1.807) is 36.1 Å². The quantitative estimate of drug-likeness (QED) is 0.732. The first-order valence-corrected chi connectivity index (χ1v) is 8.08. The van der Waals surface area contributed by atoms with Crippen LogP contribution in [0.3, 0.4) is 0 Å². The monoisotopic (exact) mass is 353 g/mol.